The molecule has 0 aromatic heterocycles. The number of amides is 1. The first-order valence-corrected chi connectivity index (χ1v) is 9.57. The fourth-order valence-corrected chi connectivity index (χ4v) is 4.71. The average Bonchev–Trinajstić information content (AvgIpc) is 3.03. The van der Waals surface area contributed by atoms with E-state index in [1.165, 1.54) is 23.1 Å². The van der Waals surface area contributed by atoms with E-state index < -0.39 is 0 Å². The van der Waals surface area contributed by atoms with Crippen LogP contribution in [0, 0.1) is 0 Å². The topological polar surface area (TPSA) is 32.8 Å². The predicted octanol–water partition coefficient (Wildman–Crippen LogP) is 2.94. The molecule has 1 fully saturated rings. The predicted molar refractivity (Wildman–Crippen MR) is 98.4 cm³/mol. The minimum absolute atomic E-state index is 0.0643. The molecule has 2 atom stereocenters. The Morgan fingerprint density at radius 2 is 2.00 bits per heavy atom. The van der Waals surface area contributed by atoms with Crippen molar-refractivity contribution >= 4 is 5.91 Å². The van der Waals surface area contributed by atoms with E-state index in [2.05, 4.69) is 40.1 Å². The Morgan fingerprint density at radius 3 is 2.80 bits per heavy atom. The van der Waals surface area contributed by atoms with Crippen molar-refractivity contribution in [3.8, 4) is 0 Å². The third-order valence-electron chi connectivity index (χ3n) is 6.03. The summed E-state index contributed by atoms with van der Waals surface area (Å²) in [5.74, 6) is 0.338. The molecule has 2 heterocycles. The summed E-state index contributed by atoms with van der Waals surface area (Å²) in [6, 6.07) is 9.03. The zero-order valence-corrected chi connectivity index (χ0v) is 15.1. The van der Waals surface area contributed by atoms with E-state index in [1.807, 2.05) is 0 Å². The van der Waals surface area contributed by atoms with Crippen LogP contribution in [0.1, 0.15) is 42.9 Å². The molecular weight excluding hydrogens is 312 g/mol. The molecule has 25 heavy (non-hydrogen) atoms. The Balaban J connectivity index is 1.46. The van der Waals surface area contributed by atoms with Gasteiger partial charge in [-0.25, -0.2) is 0 Å². The third-order valence-corrected chi connectivity index (χ3v) is 6.03. The van der Waals surface area contributed by atoms with Crippen molar-refractivity contribution in [3.05, 3.63) is 47.0 Å². The maximum Gasteiger partial charge on any atom is 0.240 e. The smallest absolute Gasteiger partial charge is 0.240 e. The second kappa shape index (κ2) is 7.30. The van der Waals surface area contributed by atoms with Gasteiger partial charge in [-0.3, -0.25) is 9.69 Å². The van der Waals surface area contributed by atoms with Crippen molar-refractivity contribution in [2.45, 2.75) is 44.2 Å². The van der Waals surface area contributed by atoms with Crippen LogP contribution in [-0.2, 0) is 16.0 Å². The molecule has 2 unspecified atom stereocenters. The van der Waals surface area contributed by atoms with Crippen molar-refractivity contribution in [1.82, 2.24) is 9.80 Å². The number of carbonyl (C=O) groups excluding carboxylic acids is 1. The van der Waals surface area contributed by atoms with Gasteiger partial charge in [0.1, 0.15) is 0 Å². The van der Waals surface area contributed by atoms with Crippen molar-refractivity contribution in [1.29, 1.82) is 0 Å². The lowest BCUT2D eigenvalue weighted by atomic mass is 9.87. The average molecular weight is 340 g/mol. The molecule has 1 aromatic rings. The van der Waals surface area contributed by atoms with E-state index >= 15 is 0 Å². The van der Waals surface area contributed by atoms with Crippen LogP contribution in [0.2, 0.25) is 0 Å². The van der Waals surface area contributed by atoms with Crippen LogP contribution in [0.25, 0.3) is 0 Å². The standard InChI is InChI=1S/C21H28N2O2/c1-25-15-16-9-12-22(13-10-16)20-11-14-23(21(20)24)19-8-4-6-17-5-2-3-7-18(17)19/h2-3,5,7,9,19-20H,4,6,8,10-15H2,1H3. The molecule has 1 aliphatic carbocycles. The number of hydrogen-bond donors (Lipinski definition) is 0. The summed E-state index contributed by atoms with van der Waals surface area (Å²) in [4.78, 5) is 17.7. The molecule has 1 amide bonds. The van der Waals surface area contributed by atoms with Gasteiger partial charge in [-0.15, -0.1) is 0 Å². The van der Waals surface area contributed by atoms with Crippen molar-refractivity contribution < 1.29 is 9.53 Å². The number of ether oxygens (including phenoxy) is 1. The van der Waals surface area contributed by atoms with Gasteiger partial charge in [0.25, 0.3) is 0 Å². The van der Waals surface area contributed by atoms with Gasteiger partial charge in [-0.05, 0) is 48.8 Å². The molecule has 4 nitrogen and oxygen atoms in total. The normalized spacial score (nSPS) is 27.3. The Morgan fingerprint density at radius 1 is 1.12 bits per heavy atom. The zero-order chi connectivity index (χ0) is 17.2. The molecule has 4 heteroatoms. The maximum atomic E-state index is 13.2. The van der Waals surface area contributed by atoms with Crippen LogP contribution in [0.4, 0.5) is 0 Å². The third kappa shape index (κ3) is 3.25. The van der Waals surface area contributed by atoms with Gasteiger partial charge in [-0.1, -0.05) is 30.3 Å². The first kappa shape index (κ1) is 16.8. The Kier molecular flexibility index (Phi) is 4.91. The van der Waals surface area contributed by atoms with Crippen molar-refractivity contribution in [2.24, 2.45) is 0 Å². The molecule has 134 valence electrons. The van der Waals surface area contributed by atoms with Crippen molar-refractivity contribution in [3.63, 3.8) is 0 Å². The molecule has 1 saturated heterocycles. The molecule has 4 rings (SSSR count). The van der Waals surface area contributed by atoms with Gasteiger partial charge < -0.3 is 9.64 Å². The molecular formula is C21H28N2O2. The number of aryl methyl sites for hydroxylation is 1. The molecule has 0 N–H and O–H groups in total. The van der Waals surface area contributed by atoms with E-state index in [0.717, 1.165) is 51.9 Å². The maximum absolute atomic E-state index is 13.2. The minimum atomic E-state index is 0.0643. The summed E-state index contributed by atoms with van der Waals surface area (Å²) in [7, 11) is 1.74. The number of methoxy groups -OCH3 is 1. The van der Waals surface area contributed by atoms with Gasteiger partial charge in [0, 0.05) is 26.7 Å². The second-order valence-electron chi connectivity index (χ2n) is 7.48. The highest BCUT2D eigenvalue weighted by molar-refractivity contribution is 5.84. The van der Waals surface area contributed by atoms with E-state index in [4.69, 9.17) is 4.74 Å². The van der Waals surface area contributed by atoms with Gasteiger partial charge in [0.15, 0.2) is 0 Å². The molecule has 0 spiro atoms. The largest absolute Gasteiger partial charge is 0.380 e. The lowest BCUT2D eigenvalue weighted by Crippen LogP contribution is -2.45. The lowest BCUT2D eigenvalue weighted by Gasteiger charge is -2.35. The highest BCUT2D eigenvalue weighted by atomic mass is 16.5. The number of nitrogens with zero attached hydrogens (tertiary/aromatic N) is 2. The number of carbonyl (C=O) groups is 1. The summed E-state index contributed by atoms with van der Waals surface area (Å²) < 4.78 is 5.23. The fourth-order valence-electron chi connectivity index (χ4n) is 4.71. The Bertz CT molecular complexity index is 670. The Hall–Kier alpha value is -1.65. The first-order valence-electron chi connectivity index (χ1n) is 9.57. The van der Waals surface area contributed by atoms with Crippen LogP contribution >= 0.6 is 0 Å². The highest BCUT2D eigenvalue weighted by Gasteiger charge is 2.40. The van der Waals surface area contributed by atoms with Crippen LogP contribution in [0.3, 0.4) is 0 Å². The van der Waals surface area contributed by atoms with Gasteiger partial charge in [0.2, 0.25) is 5.91 Å². The number of likely N-dealkylation sites (tertiary alicyclic amines) is 1. The summed E-state index contributed by atoms with van der Waals surface area (Å²) in [5, 5.41) is 0. The summed E-state index contributed by atoms with van der Waals surface area (Å²) in [5.41, 5.74) is 4.17. The van der Waals surface area contributed by atoms with Crippen LogP contribution < -0.4 is 0 Å². The van der Waals surface area contributed by atoms with Crippen LogP contribution in [0.5, 0.6) is 0 Å². The van der Waals surface area contributed by atoms with Crippen molar-refractivity contribution in [2.75, 3.05) is 33.4 Å². The summed E-state index contributed by atoms with van der Waals surface area (Å²) in [6.07, 6.45) is 7.67. The second-order valence-corrected chi connectivity index (χ2v) is 7.48. The fraction of sp³-hybridized carbons (Fsp3) is 0.571. The first-order chi connectivity index (χ1) is 12.3. The molecule has 3 aliphatic rings. The molecule has 0 bridgehead atoms. The zero-order valence-electron chi connectivity index (χ0n) is 15.1. The van der Waals surface area contributed by atoms with E-state index in [9.17, 15) is 4.79 Å². The minimum Gasteiger partial charge on any atom is -0.380 e. The number of fused-ring (bicyclic) bond motifs is 1. The van der Waals surface area contributed by atoms with Crippen LogP contribution in [-0.4, -0.2) is 55.1 Å². The van der Waals surface area contributed by atoms with Crippen LogP contribution in [0.15, 0.2) is 35.9 Å². The molecule has 0 radical (unpaired) electrons. The number of rotatable bonds is 4. The molecule has 1 aromatic carbocycles. The van der Waals surface area contributed by atoms with E-state index in [1.54, 1.807) is 7.11 Å². The summed E-state index contributed by atoms with van der Waals surface area (Å²) in [6.45, 7) is 3.47. The monoisotopic (exact) mass is 340 g/mol. The van der Waals surface area contributed by atoms with E-state index in [0.29, 0.717) is 5.91 Å². The summed E-state index contributed by atoms with van der Waals surface area (Å²) >= 11 is 0. The Labute approximate surface area is 150 Å². The number of benzene rings is 1. The molecule has 2 aliphatic heterocycles. The van der Waals surface area contributed by atoms with Gasteiger partial charge in [0.05, 0.1) is 18.7 Å². The van der Waals surface area contributed by atoms with Gasteiger partial charge >= 0.3 is 0 Å². The van der Waals surface area contributed by atoms with Gasteiger partial charge in [-0.2, -0.15) is 0 Å². The number of hydrogen-bond acceptors (Lipinski definition) is 3. The van der Waals surface area contributed by atoms with E-state index in [-0.39, 0.29) is 12.1 Å². The quantitative estimate of drug-likeness (QED) is 0.790. The molecule has 0 saturated carbocycles. The highest BCUT2D eigenvalue weighted by Crippen LogP contribution is 2.37. The SMILES string of the molecule is COCC1=CCN(C2CCN(C3CCCc4ccccc43)C2=O)CC1. The lowest BCUT2D eigenvalue weighted by molar-refractivity contribution is -0.134.